The zero-order valence-corrected chi connectivity index (χ0v) is 16.5. The smallest absolute Gasteiger partial charge is 0.273 e. The first-order valence-electron chi connectivity index (χ1n) is 10.2. The van der Waals surface area contributed by atoms with Crippen molar-refractivity contribution in [1.82, 2.24) is 20.3 Å². The van der Waals surface area contributed by atoms with Crippen LogP contribution in [0.1, 0.15) is 46.1 Å². The summed E-state index contributed by atoms with van der Waals surface area (Å²) in [6.07, 6.45) is 5.97. The molecule has 5 rings (SSSR count). The molecule has 150 valence electrons. The summed E-state index contributed by atoms with van der Waals surface area (Å²) >= 11 is 0. The summed E-state index contributed by atoms with van der Waals surface area (Å²) < 4.78 is 7.19. The molecule has 0 aliphatic heterocycles. The van der Waals surface area contributed by atoms with E-state index in [-0.39, 0.29) is 5.91 Å². The normalized spacial score (nSPS) is 13.3. The van der Waals surface area contributed by atoms with E-state index >= 15 is 0 Å². The number of carbonyl (C=O) groups is 1. The Morgan fingerprint density at radius 2 is 1.93 bits per heavy atom. The number of hydrogen-bond acceptors (Lipinski definition) is 4. The molecule has 0 saturated heterocycles. The zero-order chi connectivity index (χ0) is 20.3. The molecule has 1 aliphatic carbocycles. The Balaban J connectivity index is 1.28. The second kappa shape index (κ2) is 7.99. The monoisotopic (exact) mass is 398 g/mol. The Morgan fingerprint density at radius 1 is 1.10 bits per heavy atom. The highest BCUT2D eigenvalue weighted by Gasteiger charge is 2.28. The molecule has 6 heteroatoms. The van der Waals surface area contributed by atoms with Crippen molar-refractivity contribution in [3.05, 3.63) is 95.6 Å². The van der Waals surface area contributed by atoms with Crippen LogP contribution in [0.15, 0.2) is 77.6 Å². The van der Waals surface area contributed by atoms with Crippen molar-refractivity contribution >= 4 is 5.91 Å². The van der Waals surface area contributed by atoms with E-state index in [9.17, 15) is 4.79 Å². The van der Waals surface area contributed by atoms with Crippen molar-refractivity contribution in [2.45, 2.75) is 31.8 Å². The van der Waals surface area contributed by atoms with Gasteiger partial charge in [0.2, 0.25) is 0 Å². The van der Waals surface area contributed by atoms with Crippen molar-refractivity contribution in [3.8, 4) is 11.1 Å². The third-order valence-corrected chi connectivity index (χ3v) is 5.37. The molecule has 0 atom stereocenters. The van der Waals surface area contributed by atoms with Gasteiger partial charge in [0.15, 0.2) is 5.69 Å². The van der Waals surface area contributed by atoms with Gasteiger partial charge in [0.25, 0.3) is 5.91 Å². The van der Waals surface area contributed by atoms with Crippen LogP contribution in [0.4, 0.5) is 0 Å². The second-order valence-electron chi connectivity index (χ2n) is 7.63. The number of benzene rings is 2. The summed E-state index contributed by atoms with van der Waals surface area (Å²) in [4.78, 5) is 12.5. The van der Waals surface area contributed by atoms with E-state index in [0.29, 0.717) is 18.2 Å². The number of carbonyl (C=O) groups excluding carboxylic acids is 1. The molecule has 0 radical (unpaired) electrons. The second-order valence-corrected chi connectivity index (χ2v) is 7.63. The summed E-state index contributed by atoms with van der Waals surface area (Å²) in [5.74, 6) is 1.04. The SMILES string of the molecule is O=C(NCc1ccccc1-c1ccc(Cn2cccn2)cc1)c1cc(C2CC2)on1. The third-order valence-electron chi connectivity index (χ3n) is 5.37. The predicted octanol–water partition coefficient (Wildman–Crippen LogP) is 4.39. The van der Waals surface area contributed by atoms with Crippen LogP contribution < -0.4 is 5.32 Å². The van der Waals surface area contributed by atoms with Gasteiger partial charge >= 0.3 is 0 Å². The van der Waals surface area contributed by atoms with Crippen LogP contribution in [0.3, 0.4) is 0 Å². The lowest BCUT2D eigenvalue weighted by atomic mass is 9.98. The largest absolute Gasteiger partial charge is 0.360 e. The van der Waals surface area contributed by atoms with Crippen molar-refractivity contribution in [1.29, 1.82) is 0 Å². The summed E-state index contributed by atoms with van der Waals surface area (Å²) in [6, 6.07) is 20.2. The number of nitrogens with zero attached hydrogens (tertiary/aromatic N) is 3. The predicted molar refractivity (Wildman–Crippen MR) is 113 cm³/mol. The Bertz CT molecular complexity index is 1140. The maximum absolute atomic E-state index is 12.5. The standard InChI is InChI=1S/C24H22N4O2/c29-24(22-14-23(30-27-22)19-10-11-19)25-15-20-4-1-2-5-21(20)18-8-6-17(7-9-18)16-28-13-3-12-26-28/h1-9,12-14,19H,10-11,15-16H2,(H,25,29). The summed E-state index contributed by atoms with van der Waals surface area (Å²) in [7, 11) is 0. The molecule has 2 aromatic carbocycles. The van der Waals surface area contributed by atoms with E-state index in [1.807, 2.05) is 35.1 Å². The quantitative estimate of drug-likeness (QED) is 0.501. The molecule has 1 fully saturated rings. The fraction of sp³-hybridized carbons (Fsp3) is 0.208. The maximum Gasteiger partial charge on any atom is 0.273 e. The van der Waals surface area contributed by atoms with E-state index in [1.54, 1.807) is 12.3 Å². The molecule has 1 saturated carbocycles. The number of aromatic nitrogens is 3. The number of rotatable bonds is 7. The van der Waals surface area contributed by atoms with Crippen molar-refractivity contribution in [2.75, 3.05) is 0 Å². The van der Waals surface area contributed by atoms with Crippen molar-refractivity contribution < 1.29 is 9.32 Å². The highest BCUT2D eigenvalue weighted by atomic mass is 16.5. The Hall–Kier alpha value is -3.67. The van der Waals surface area contributed by atoms with E-state index in [4.69, 9.17) is 4.52 Å². The number of hydrogen-bond donors (Lipinski definition) is 1. The topological polar surface area (TPSA) is 73.0 Å². The minimum Gasteiger partial charge on any atom is -0.360 e. The summed E-state index contributed by atoms with van der Waals surface area (Å²) in [5.41, 5.74) is 4.79. The molecule has 1 N–H and O–H groups in total. The van der Waals surface area contributed by atoms with Crippen LogP contribution in [0.5, 0.6) is 0 Å². The highest BCUT2D eigenvalue weighted by Crippen LogP contribution is 2.40. The Morgan fingerprint density at radius 3 is 2.70 bits per heavy atom. The van der Waals surface area contributed by atoms with Crippen LogP contribution >= 0.6 is 0 Å². The molecule has 1 amide bonds. The molecular formula is C24H22N4O2. The van der Waals surface area contributed by atoms with E-state index in [1.165, 1.54) is 5.56 Å². The Kier molecular flexibility index (Phi) is 4.89. The van der Waals surface area contributed by atoms with E-state index in [2.05, 4.69) is 45.9 Å². The molecule has 0 bridgehead atoms. The first kappa shape index (κ1) is 18.4. The molecule has 2 heterocycles. The maximum atomic E-state index is 12.5. The van der Waals surface area contributed by atoms with Gasteiger partial charge in [-0.15, -0.1) is 0 Å². The fourth-order valence-corrected chi connectivity index (χ4v) is 3.55. The zero-order valence-electron chi connectivity index (χ0n) is 16.5. The van der Waals surface area contributed by atoms with Crippen LogP contribution in [-0.4, -0.2) is 20.8 Å². The van der Waals surface area contributed by atoms with E-state index in [0.717, 1.165) is 41.8 Å². The summed E-state index contributed by atoms with van der Waals surface area (Å²) in [5, 5.41) is 11.1. The van der Waals surface area contributed by atoms with Crippen LogP contribution in [0, 0.1) is 0 Å². The first-order valence-corrected chi connectivity index (χ1v) is 10.2. The van der Waals surface area contributed by atoms with Crippen LogP contribution in [0.25, 0.3) is 11.1 Å². The summed E-state index contributed by atoms with van der Waals surface area (Å²) in [6.45, 7) is 1.17. The minimum absolute atomic E-state index is 0.213. The number of nitrogens with one attached hydrogen (secondary N) is 1. The molecular weight excluding hydrogens is 376 g/mol. The molecule has 30 heavy (non-hydrogen) atoms. The lowest BCUT2D eigenvalue weighted by Crippen LogP contribution is -2.23. The molecule has 1 aliphatic rings. The number of amides is 1. The van der Waals surface area contributed by atoms with Gasteiger partial charge in [-0.25, -0.2) is 0 Å². The van der Waals surface area contributed by atoms with Crippen LogP contribution in [-0.2, 0) is 13.1 Å². The lowest BCUT2D eigenvalue weighted by molar-refractivity contribution is 0.0942. The van der Waals surface area contributed by atoms with Gasteiger partial charge in [0, 0.05) is 30.9 Å². The van der Waals surface area contributed by atoms with Gasteiger partial charge in [0.1, 0.15) is 5.76 Å². The van der Waals surface area contributed by atoms with Gasteiger partial charge in [-0.3, -0.25) is 9.48 Å². The molecule has 0 spiro atoms. The van der Waals surface area contributed by atoms with Gasteiger partial charge in [-0.2, -0.15) is 5.10 Å². The molecule has 6 nitrogen and oxygen atoms in total. The van der Waals surface area contributed by atoms with Gasteiger partial charge in [-0.1, -0.05) is 53.7 Å². The lowest BCUT2D eigenvalue weighted by Gasteiger charge is -2.11. The molecule has 4 aromatic rings. The Labute approximate surface area is 174 Å². The van der Waals surface area contributed by atoms with Crippen molar-refractivity contribution in [2.24, 2.45) is 0 Å². The van der Waals surface area contributed by atoms with Gasteiger partial charge in [0.05, 0.1) is 6.54 Å². The molecule has 0 unspecified atom stereocenters. The minimum atomic E-state index is -0.213. The fourth-order valence-electron chi connectivity index (χ4n) is 3.55. The van der Waals surface area contributed by atoms with Gasteiger partial charge in [-0.05, 0) is 41.2 Å². The third kappa shape index (κ3) is 4.03. The van der Waals surface area contributed by atoms with Crippen LogP contribution in [0.2, 0.25) is 0 Å². The molecule has 2 aromatic heterocycles. The van der Waals surface area contributed by atoms with E-state index < -0.39 is 0 Å². The van der Waals surface area contributed by atoms with Crippen molar-refractivity contribution in [3.63, 3.8) is 0 Å². The average Bonchev–Trinajstić information content (AvgIpc) is 3.28. The average molecular weight is 398 g/mol. The van der Waals surface area contributed by atoms with Gasteiger partial charge < -0.3 is 9.84 Å². The first-order chi connectivity index (χ1) is 14.8. The highest BCUT2D eigenvalue weighted by molar-refractivity contribution is 5.92.